The predicted octanol–water partition coefficient (Wildman–Crippen LogP) is 0.711. The minimum atomic E-state index is 0.969. The number of rotatable bonds is 6. The second-order valence-electron chi connectivity index (χ2n) is 3.39. The van der Waals surface area contributed by atoms with Crippen molar-refractivity contribution in [2.75, 3.05) is 0 Å². The minimum absolute atomic E-state index is 0.969. The van der Waals surface area contributed by atoms with Gasteiger partial charge in [-0.05, 0) is 0 Å². The van der Waals surface area contributed by atoms with Gasteiger partial charge in [-0.3, -0.25) is 0 Å². The van der Waals surface area contributed by atoms with Crippen LogP contribution in [0.4, 0.5) is 0 Å². The lowest BCUT2D eigenvalue weighted by Crippen LogP contribution is -2.08. The van der Waals surface area contributed by atoms with Gasteiger partial charge in [0.1, 0.15) is 0 Å². The van der Waals surface area contributed by atoms with Gasteiger partial charge in [0, 0.05) is 0 Å². The summed E-state index contributed by atoms with van der Waals surface area (Å²) in [6, 6.07) is 0. The molecule has 10 heavy (non-hydrogen) atoms. The molecule has 0 rings (SSSR count). The van der Waals surface area contributed by atoms with Gasteiger partial charge < -0.3 is 0 Å². The molecule has 0 aromatic heterocycles. The van der Waals surface area contributed by atoms with E-state index >= 15 is 0 Å². The van der Waals surface area contributed by atoms with Gasteiger partial charge in [-0.2, -0.15) is 0 Å². The van der Waals surface area contributed by atoms with E-state index < -0.39 is 0 Å². The third-order valence-electron chi connectivity index (χ3n) is 2.08. The van der Waals surface area contributed by atoms with Crippen molar-refractivity contribution in [3.8, 4) is 0 Å². The molecule has 3 heteroatoms. The summed E-state index contributed by atoms with van der Waals surface area (Å²) in [5.74, 6) is 0.969. The Morgan fingerprint density at radius 3 is 2.60 bits per heavy atom. The van der Waals surface area contributed by atoms with Gasteiger partial charge >= 0.3 is 0 Å². The maximum Gasteiger partial charge on any atom is 0.0815 e. The van der Waals surface area contributed by atoms with E-state index in [1.165, 1.54) is 39.9 Å². The first-order chi connectivity index (χ1) is 4.81. The molecular formula is C7H19B3. The van der Waals surface area contributed by atoms with Crippen LogP contribution in [0, 0.1) is 0 Å². The minimum Gasteiger partial charge on any atom is -0.0768 e. The molecule has 0 saturated carbocycles. The summed E-state index contributed by atoms with van der Waals surface area (Å²) in [5.41, 5.74) is 0. The summed E-state index contributed by atoms with van der Waals surface area (Å²) in [6.07, 6.45) is 5.67. The lowest BCUT2D eigenvalue weighted by Gasteiger charge is -2.06. The van der Waals surface area contributed by atoms with Crippen LogP contribution < -0.4 is 0 Å². The fraction of sp³-hybridized carbons (Fsp3) is 1.00. The van der Waals surface area contributed by atoms with Crippen LogP contribution >= 0.6 is 0 Å². The molecule has 0 N–H and O–H groups in total. The summed E-state index contributed by atoms with van der Waals surface area (Å²) in [5, 5.41) is 0. The zero-order valence-electron chi connectivity index (χ0n) is 7.82. The number of unbranched alkanes of at least 4 members (excludes halogenated alkanes) is 2. The highest BCUT2D eigenvalue weighted by Gasteiger charge is 2.00. The van der Waals surface area contributed by atoms with E-state index in [1.54, 1.807) is 0 Å². The summed E-state index contributed by atoms with van der Waals surface area (Å²) in [7, 11) is 5.05. The zero-order chi connectivity index (χ0) is 7.82. The van der Waals surface area contributed by atoms with Gasteiger partial charge in [-0.1, -0.05) is 45.3 Å². The smallest absolute Gasteiger partial charge is 0.0768 e. The topological polar surface area (TPSA) is 0 Å². The molecule has 0 radical (unpaired) electrons. The molecular weight excluding hydrogens is 117 g/mol. The Morgan fingerprint density at radius 2 is 2.10 bits per heavy atom. The van der Waals surface area contributed by atoms with Gasteiger partial charge in [0.15, 0.2) is 0 Å². The molecule has 0 spiro atoms. The first-order valence-electron chi connectivity index (χ1n) is 4.81. The van der Waals surface area contributed by atoms with E-state index in [1.807, 2.05) is 0 Å². The van der Waals surface area contributed by atoms with Crippen LogP contribution in [0.1, 0.15) is 39.5 Å². The SMILES string of the molecule is BBBC(C)CCCCC. The Balaban J connectivity index is 2.97. The van der Waals surface area contributed by atoms with Crippen LogP contribution in [0.2, 0.25) is 5.82 Å². The predicted molar refractivity (Wildman–Crippen MR) is 56.4 cm³/mol. The summed E-state index contributed by atoms with van der Waals surface area (Å²) in [6.45, 7) is 4.64. The van der Waals surface area contributed by atoms with Gasteiger partial charge in [-0.25, -0.2) is 0 Å². The van der Waals surface area contributed by atoms with Crippen LogP contribution in [0.3, 0.4) is 0 Å². The monoisotopic (exact) mass is 136 g/mol. The van der Waals surface area contributed by atoms with E-state index in [-0.39, 0.29) is 0 Å². The molecule has 0 aromatic carbocycles. The van der Waals surface area contributed by atoms with E-state index in [9.17, 15) is 0 Å². The maximum atomic E-state index is 2.37. The third-order valence-corrected chi connectivity index (χ3v) is 2.08. The molecule has 0 nitrogen and oxygen atoms in total. The number of hydrogen-bond donors (Lipinski definition) is 0. The van der Waals surface area contributed by atoms with Crippen molar-refractivity contribution in [1.29, 1.82) is 0 Å². The van der Waals surface area contributed by atoms with Crippen molar-refractivity contribution in [2.24, 2.45) is 0 Å². The van der Waals surface area contributed by atoms with Crippen molar-refractivity contribution in [3.63, 3.8) is 0 Å². The Kier molecular flexibility index (Phi) is 7.45. The molecule has 0 saturated heterocycles. The molecule has 0 aliphatic rings. The fourth-order valence-electron chi connectivity index (χ4n) is 1.38. The van der Waals surface area contributed by atoms with E-state index in [4.69, 9.17) is 0 Å². The molecule has 0 aliphatic carbocycles. The van der Waals surface area contributed by atoms with Crippen molar-refractivity contribution in [2.45, 2.75) is 45.3 Å². The average Bonchev–Trinajstić information content (AvgIpc) is 1.89. The highest BCUT2D eigenvalue weighted by Crippen LogP contribution is 2.12. The summed E-state index contributed by atoms with van der Waals surface area (Å²) in [4.78, 5) is 0. The quantitative estimate of drug-likeness (QED) is 0.372. The number of hydrogen-bond acceptors (Lipinski definition) is 0. The Hall–Kier alpha value is 0.195. The fourth-order valence-corrected chi connectivity index (χ4v) is 1.38. The normalized spacial score (nSPS) is 12.6. The second-order valence-corrected chi connectivity index (χ2v) is 3.39. The Labute approximate surface area is 68.0 Å². The molecule has 0 amide bonds. The second kappa shape index (κ2) is 7.30. The highest BCUT2D eigenvalue weighted by atomic mass is 13.9. The van der Waals surface area contributed by atoms with Gasteiger partial charge in [-0.15, -0.1) is 0 Å². The molecule has 0 aliphatic heterocycles. The Morgan fingerprint density at radius 1 is 1.40 bits per heavy atom. The molecule has 0 bridgehead atoms. The molecule has 56 valence electrons. The van der Waals surface area contributed by atoms with E-state index in [0.29, 0.717) is 0 Å². The van der Waals surface area contributed by atoms with Crippen molar-refractivity contribution < 1.29 is 0 Å². The van der Waals surface area contributed by atoms with Crippen molar-refractivity contribution in [3.05, 3.63) is 0 Å². The molecule has 1 unspecified atom stereocenters. The zero-order valence-corrected chi connectivity index (χ0v) is 7.82. The lowest BCUT2D eigenvalue weighted by molar-refractivity contribution is 0.654. The van der Waals surface area contributed by atoms with Gasteiger partial charge in [0.25, 0.3) is 0 Å². The van der Waals surface area contributed by atoms with Crippen LogP contribution in [-0.2, 0) is 0 Å². The first kappa shape index (κ1) is 10.2. The average molecular weight is 136 g/mol. The largest absolute Gasteiger partial charge is 0.0815 e. The Bertz CT molecular complexity index is 65.9. The van der Waals surface area contributed by atoms with Crippen molar-refractivity contribution >= 4 is 22.0 Å². The van der Waals surface area contributed by atoms with E-state index in [0.717, 1.165) is 5.82 Å². The highest BCUT2D eigenvalue weighted by molar-refractivity contribution is 7.24. The first-order valence-corrected chi connectivity index (χ1v) is 4.81. The van der Waals surface area contributed by atoms with Crippen LogP contribution in [0.25, 0.3) is 0 Å². The molecule has 0 aromatic rings. The van der Waals surface area contributed by atoms with Crippen LogP contribution in [0.15, 0.2) is 0 Å². The van der Waals surface area contributed by atoms with Gasteiger partial charge in [0.2, 0.25) is 0 Å². The van der Waals surface area contributed by atoms with Crippen LogP contribution in [-0.4, -0.2) is 22.0 Å². The standard InChI is InChI=1S/C7H19B3/c1-3-4-5-6-7(2)9-10-8/h7,9-10H,3-6,8H2,1-2H3. The molecule has 0 fully saturated rings. The maximum absolute atomic E-state index is 2.37. The third kappa shape index (κ3) is 6.32. The van der Waals surface area contributed by atoms with Crippen LogP contribution in [0.5, 0.6) is 0 Å². The summed E-state index contributed by atoms with van der Waals surface area (Å²) < 4.78 is 0. The molecule has 0 heterocycles. The molecule has 1 atom stereocenters. The van der Waals surface area contributed by atoms with E-state index in [2.05, 4.69) is 21.6 Å². The van der Waals surface area contributed by atoms with Gasteiger partial charge in [0.05, 0.1) is 22.0 Å². The lowest BCUT2D eigenvalue weighted by atomic mass is 9.24. The summed E-state index contributed by atoms with van der Waals surface area (Å²) >= 11 is 0. The van der Waals surface area contributed by atoms with Crippen molar-refractivity contribution in [1.82, 2.24) is 0 Å².